The van der Waals surface area contributed by atoms with Gasteiger partial charge in [-0.15, -0.1) is 0 Å². The number of carbonyl (C=O) groups excluding carboxylic acids is 2. The summed E-state index contributed by atoms with van der Waals surface area (Å²) in [5.41, 5.74) is 5.33. The summed E-state index contributed by atoms with van der Waals surface area (Å²) in [5, 5.41) is 18.9. The topological polar surface area (TPSA) is 192 Å². The van der Waals surface area contributed by atoms with Gasteiger partial charge in [0, 0.05) is 12.8 Å². The maximum Gasteiger partial charge on any atom is 0.472 e. The Labute approximate surface area is 355 Å². The minimum absolute atomic E-state index is 0.107. The highest BCUT2D eigenvalue weighted by Crippen LogP contribution is 2.43. The van der Waals surface area contributed by atoms with Gasteiger partial charge in [-0.25, -0.2) is 4.57 Å². The average molecular weight is 852 g/mol. The SMILES string of the molecule is CC/C=C\C/C=C\CC(O)/C=C/C=C\C/C=C\CCCC(=O)OC[C@H](COP(=O)(O)OC[C@H](N)C(=O)O)OC(=O)CCCCCCCCC/C=C\CCCCCCCC. The second-order valence-corrected chi connectivity index (χ2v) is 16.1. The van der Waals surface area contributed by atoms with Gasteiger partial charge in [0.05, 0.1) is 19.3 Å². The Morgan fingerprint density at radius 2 is 1.17 bits per heavy atom. The van der Waals surface area contributed by atoms with Crippen LogP contribution in [-0.4, -0.2) is 71.1 Å². The predicted molar refractivity (Wildman–Crippen MR) is 237 cm³/mol. The van der Waals surface area contributed by atoms with E-state index in [0.717, 1.165) is 44.9 Å². The van der Waals surface area contributed by atoms with Crippen molar-refractivity contribution in [3.05, 3.63) is 72.9 Å². The van der Waals surface area contributed by atoms with Crippen molar-refractivity contribution in [3.8, 4) is 0 Å². The summed E-state index contributed by atoms with van der Waals surface area (Å²) >= 11 is 0. The Bertz CT molecular complexity index is 1290. The highest BCUT2D eigenvalue weighted by molar-refractivity contribution is 7.47. The van der Waals surface area contributed by atoms with Crippen LogP contribution in [0.1, 0.15) is 162 Å². The molecule has 4 atom stereocenters. The number of esters is 2. The number of carboxylic acid groups (broad SMARTS) is 1. The fraction of sp³-hybridized carbons (Fsp3) is 0.674. The van der Waals surface area contributed by atoms with Crippen molar-refractivity contribution in [1.82, 2.24) is 0 Å². The first kappa shape index (κ1) is 55.9. The molecule has 0 saturated heterocycles. The molecule has 0 aliphatic rings. The van der Waals surface area contributed by atoms with Gasteiger partial charge in [-0.1, -0.05) is 151 Å². The summed E-state index contributed by atoms with van der Waals surface area (Å²) in [4.78, 5) is 46.0. The number of hydrogen-bond acceptors (Lipinski definition) is 10. The lowest BCUT2D eigenvalue weighted by Crippen LogP contribution is -2.34. The van der Waals surface area contributed by atoms with Gasteiger partial charge in [-0.05, 0) is 70.6 Å². The number of carboxylic acids is 1. The molecule has 0 amide bonds. The summed E-state index contributed by atoms with van der Waals surface area (Å²) in [6.45, 7) is 2.53. The van der Waals surface area contributed by atoms with E-state index in [1.54, 1.807) is 6.08 Å². The van der Waals surface area contributed by atoms with Crippen LogP contribution >= 0.6 is 7.82 Å². The zero-order valence-corrected chi connectivity index (χ0v) is 37.1. The lowest BCUT2D eigenvalue weighted by atomic mass is 10.1. The van der Waals surface area contributed by atoms with Gasteiger partial charge in [0.25, 0.3) is 0 Å². The standard InChI is InChI=1S/C46H78NO11P/c1-3-5-7-9-11-12-13-14-15-16-17-18-19-20-25-29-33-37-45(50)58-42(39-56-59(53,54)57-40-43(47)46(51)52)38-55-44(49)36-32-28-24-22-21-23-27-31-35-41(48)34-30-26-10-8-6-4-2/h6,8,14-15,22-24,26-27,30-31,35,41-43,48H,3-5,7,9-13,16-21,25,28-29,32-34,36-40,47H2,1-2H3,(H,51,52)(H,53,54)/b8-6-,15-14-,24-22-,27-23-,30-26-,35-31+/t41?,42-,43+/m1/s1. The number of allylic oxidation sites excluding steroid dienone is 10. The molecule has 0 aromatic heterocycles. The fourth-order valence-corrected chi connectivity index (χ4v) is 6.31. The van der Waals surface area contributed by atoms with Crippen LogP contribution in [0.25, 0.3) is 0 Å². The Morgan fingerprint density at radius 3 is 1.83 bits per heavy atom. The number of rotatable bonds is 40. The molecule has 338 valence electrons. The second kappa shape index (κ2) is 40.3. The number of aliphatic carboxylic acids is 1. The molecule has 13 heteroatoms. The molecule has 0 bridgehead atoms. The van der Waals surface area contributed by atoms with E-state index < -0.39 is 63.8 Å². The normalized spacial score (nSPS) is 14.9. The molecule has 0 rings (SSSR count). The number of aliphatic hydroxyl groups is 1. The average Bonchev–Trinajstić information content (AvgIpc) is 3.21. The monoisotopic (exact) mass is 852 g/mol. The van der Waals surface area contributed by atoms with Gasteiger partial charge >= 0.3 is 25.7 Å². The molecule has 0 spiro atoms. The number of hydrogen-bond donors (Lipinski definition) is 4. The lowest BCUT2D eigenvalue weighted by Gasteiger charge is -2.20. The second-order valence-electron chi connectivity index (χ2n) is 14.6. The van der Waals surface area contributed by atoms with Gasteiger partial charge < -0.3 is 30.3 Å². The quantitative estimate of drug-likeness (QED) is 0.0150. The molecule has 0 aromatic rings. The van der Waals surface area contributed by atoms with Crippen LogP contribution in [0.15, 0.2) is 72.9 Å². The molecule has 0 radical (unpaired) electrons. The van der Waals surface area contributed by atoms with Crippen molar-refractivity contribution >= 4 is 25.7 Å². The molecule has 0 aromatic carbocycles. The van der Waals surface area contributed by atoms with Crippen LogP contribution in [-0.2, 0) is 37.5 Å². The van der Waals surface area contributed by atoms with E-state index in [-0.39, 0.29) is 12.8 Å². The van der Waals surface area contributed by atoms with Crippen LogP contribution in [0.5, 0.6) is 0 Å². The number of phosphoric acid groups is 1. The summed E-state index contributed by atoms with van der Waals surface area (Å²) in [6.07, 6.45) is 44.3. The summed E-state index contributed by atoms with van der Waals surface area (Å²) in [6, 6.07) is -1.54. The molecule has 0 aliphatic heterocycles. The maximum atomic E-state index is 12.6. The van der Waals surface area contributed by atoms with Crippen LogP contribution in [0.4, 0.5) is 0 Å². The third-order valence-corrected chi connectivity index (χ3v) is 9.97. The van der Waals surface area contributed by atoms with Crippen LogP contribution < -0.4 is 5.73 Å². The van der Waals surface area contributed by atoms with E-state index in [4.69, 9.17) is 24.8 Å². The molecule has 12 nitrogen and oxygen atoms in total. The molecule has 2 unspecified atom stereocenters. The van der Waals surface area contributed by atoms with Crippen LogP contribution in [0.3, 0.4) is 0 Å². The molecule has 0 aliphatic carbocycles. The van der Waals surface area contributed by atoms with E-state index in [1.165, 1.54) is 57.8 Å². The number of phosphoric ester groups is 1. The highest BCUT2D eigenvalue weighted by atomic mass is 31.2. The van der Waals surface area contributed by atoms with Crippen molar-refractivity contribution < 1.29 is 52.6 Å². The minimum atomic E-state index is -4.75. The third kappa shape index (κ3) is 40.1. The van der Waals surface area contributed by atoms with E-state index in [2.05, 4.69) is 42.7 Å². The largest absolute Gasteiger partial charge is 0.480 e. The summed E-state index contributed by atoms with van der Waals surface area (Å²) in [7, 11) is -4.75. The number of aliphatic hydroxyl groups excluding tert-OH is 1. The first-order valence-corrected chi connectivity index (χ1v) is 23.6. The lowest BCUT2D eigenvalue weighted by molar-refractivity contribution is -0.161. The van der Waals surface area contributed by atoms with Crippen molar-refractivity contribution in [3.63, 3.8) is 0 Å². The molecule has 5 N–H and O–H groups in total. The van der Waals surface area contributed by atoms with E-state index in [9.17, 15) is 28.9 Å². The zero-order valence-electron chi connectivity index (χ0n) is 36.2. The first-order chi connectivity index (χ1) is 28.5. The number of unbranched alkanes of at least 4 members (excludes halogenated alkanes) is 14. The minimum Gasteiger partial charge on any atom is -0.480 e. The van der Waals surface area contributed by atoms with E-state index in [1.807, 2.05) is 42.5 Å². The maximum absolute atomic E-state index is 12.6. The van der Waals surface area contributed by atoms with E-state index in [0.29, 0.717) is 32.1 Å². The van der Waals surface area contributed by atoms with Crippen molar-refractivity contribution in [2.75, 3.05) is 19.8 Å². The fourth-order valence-electron chi connectivity index (χ4n) is 5.53. The van der Waals surface area contributed by atoms with Gasteiger partial charge in [-0.2, -0.15) is 0 Å². The Kier molecular flexibility index (Phi) is 38.2. The molecular weight excluding hydrogens is 773 g/mol. The van der Waals surface area contributed by atoms with Crippen LogP contribution in [0, 0.1) is 0 Å². The smallest absolute Gasteiger partial charge is 0.472 e. The van der Waals surface area contributed by atoms with Crippen molar-refractivity contribution in [2.24, 2.45) is 5.73 Å². The Balaban J connectivity index is 4.52. The zero-order chi connectivity index (χ0) is 43.7. The molecular formula is C46H78NO11P. The first-order valence-electron chi connectivity index (χ1n) is 22.1. The van der Waals surface area contributed by atoms with Gasteiger partial charge in [0.15, 0.2) is 6.10 Å². The van der Waals surface area contributed by atoms with Gasteiger partial charge in [-0.3, -0.25) is 23.4 Å². The molecule has 0 heterocycles. The van der Waals surface area contributed by atoms with Crippen LogP contribution in [0.2, 0.25) is 0 Å². The summed E-state index contributed by atoms with van der Waals surface area (Å²) < 4.78 is 32.6. The molecule has 0 fully saturated rings. The molecule has 59 heavy (non-hydrogen) atoms. The number of carbonyl (C=O) groups is 3. The third-order valence-electron chi connectivity index (χ3n) is 9.02. The summed E-state index contributed by atoms with van der Waals surface area (Å²) in [5.74, 6) is -2.51. The van der Waals surface area contributed by atoms with Gasteiger partial charge in [0.1, 0.15) is 12.6 Å². The van der Waals surface area contributed by atoms with Crippen molar-refractivity contribution in [1.29, 1.82) is 0 Å². The van der Waals surface area contributed by atoms with Gasteiger partial charge in [0.2, 0.25) is 0 Å². The Morgan fingerprint density at radius 1 is 0.627 bits per heavy atom. The Hall–Kier alpha value is -3.12. The molecule has 0 saturated carbocycles. The predicted octanol–water partition coefficient (Wildman–Crippen LogP) is 10.7. The number of nitrogens with two attached hydrogens (primary N) is 1. The van der Waals surface area contributed by atoms with E-state index >= 15 is 0 Å². The van der Waals surface area contributed by atoms with Crippen molar-refractivity contribution in [2.45, 2.75) is 180 Å². The highest BCUT2D eigenvalue weighted by Gasteiger charge is 2.28. The number of ether oxygens (including phenoxy) is 2.